The Morgan fingerprint density at radius 2 is 1.73 bits per heavy atom. The fourth-order valence-corrected chi connectivity index (χ4v) is 3.55. The Bertz CT molecular complexity index is 1090. The van der Waals surface area contributed by atoms with Crippen LogP contribution in [0, 0.1) is 6.92 Å². The van der Waals surface area contributed by atoms with E-state index in [0.717, 1.165) is 5.56 Å². The van der Waals surface area contributed by atoms with Crippen LogP contribution in [-0.2, 0) is 4.79 Å². The number of carbonyl (C=O) groups excluding carboxylic acids is 4. The minimum atomic E-state index is -0.343. The predicted octanol–water partition coefficient (Wildman–Crippen LogP) is 2.94. The maximum atomic E-state index is 12.5. The molecule has 0 saturated carbocycles. The minimum Gasteiger partial charge on any atom is -0.454 e. The standard InChI is InChI=1S/C22H20N2O6/c1-12-5-6-14-16(8-12)22(28)24(21(14)27)7-3-4-20(26)23-17-10-19-18(29-11-30-19)9-15(17)13(2)25/h5-6,8-10H,3-4,7,11H2,1-2H3,(H,23,26). The van der Waals surface area contributed by atoms with Gasteiger partial charge >= 0.3 is 0 Å². The number of fused-ring (bicyclic) bond motifs is 2. The Morgan fingerprint density at radius 3 is 2.47 bits per heavy atom. The summed E-state index contributed by atoms with van der Waals surface area (Å²) < 4.78 is 10.6. The summed E-state index contributed by atoms with van der Waals surface area (Å²) in [6, 6.07) is 8.25. The Labute approximate surface area is 172 Å². The van der Waals surface area contributed by atoms with Crippen LogP contribution in [0.15, 0.2) is 30.3 Å². The molecule has 8 nitrogen and oxygen atoms in total. The number of nitrogens with zero attached hydrogens (tertiary/aromatic N) is 1. The molecule has 2 heterocycles. The SMILES string of the molecule is CC(=O)c1cc2c(cc1NC(=O)CCCN1C(=O)c3ccc(C)cc3C1=O)OCO2. The second kappa shape index (κ2) is 7.62. The van der Waals surface area contributed by atoms with E-state index in [4.69, 9.17) is 9.47 Å². The zero-order chi connectivity index (χ0) is 21.4. The third-order valence-corrected chi connectivity index (χ3v) is 5.08. The van der Waals surface area contributed by atoms with Crippen molar-refractivity contribution in [2.75, 3.05) is 18.7 Å². The molecule has 0 unspecified atom stereocenters. The van der Waals surface area contributed by atoms with Crippen LogP contribution < -0.4 is 14.8 Å². The molecule has 2 aliphatic rings. The Balaban J connectivity index is 1.38. The van der Waals surface area contributed by atoms with E-state index in [2.05, 4.69) is 5.32 Å². The van der Waals surface area contributed by atoms with E-state index in [0.29, 0.717) is 40.3 Å². The number of hydrogen-bond donors (Lipinski definition) is 1. The second-order valence-corrected chi connectivity index (χ2v) is 7.27. The van der Waals surface area contributed by atoms with E-state index < -0.39 is 0 Å². The number of rotatable bonds is 6. The fourth-order valence-electron chi connectivity index (χ4n) is 3.55. The lowest BCUT2D eigenvalue weighted by Crippen LogP contribution is -2.31. The molecular weight excluding hydrogens is 388 g/mol. The van der Waals surface area contributed by atoms with Crippen LogP contribution in [0.1, 0.15) is 56.4 Å². The summed E-state index contributed by atoms with van der Waals surface area (Å²) in [5.74, 6) is -0.316. The zero-order valence-corrected chi connectivity index (χ0v) is 16.6. The number of ketones is 1. The first-order valence-corrected chi connectivity index (χ1v) is 9.56. The summed E-state index contributed by atoms with van der Waals surface area (Å²) in [6.07, 6.45) is 0.383. The molecule has 0 aliphatic carbocycles. The number of imide groups is 1. The van der Waals surface area contributed by atoms with Gasteiger partial charge in [0, 0.05) is 24.6 Å². The third-order valence-electron chi connectivity index (χ3n) is 5.08. The maximum Gasteiger partial charge on any atom is 0.261 e. The number of ether oxygens (including phenoxy) is 2. The smallest absolute Gasteiger partial charge is 0.261 e. The largest absolute Gasteiger partial charge is 0.454 e. The summed E-state index contributed by atoms with van der Waals surface area (Å²) in [5, 5.41) is 2.71. The van der Waals surface area contributed by atoms with Gasteiger partial charge in [-0.3, -0.25) is 24.1 Å². The molecule has 0 spiro atoms. The molecular formula is C22H20N2O6. The Hall–Kier alpha value is -3.68. The summed E-state index contributed by atoms with van der Waals surface area (Å²) >= 11 is 0. The maximum absolute atomic E-state index is 12.5. The van der Waals surface area contributed by atoms with Crippen LogP contribution >= 0.6 is 0 Å². The monoisotopic (exact) mass is 408 g/mol. The topological polar surface area (TPSA) is 102 Å². The summed E-state index contributed by atoms with van der Waals surface area (Å²) in [4.78, 5) is 50.4. The highest BCUT2D eigenvalue weighted by Gasteiger charge is 2.35. The van der Waals surface area contributed by atoms with E-state index in [9.17, 15) is 19.2 Å². The molecule has 0 bridgehead atoms. The molecule has 8 heteroatoms. The van der Waals surface area contributed by atoms with Gasteiger partial charge in [0.05, 0.1) is 16.8 Å². The third kappa shape index (κ3) is 3.52. The number of Topliss-reactive ketones (excluding diaryl/α,β-unsaturated/α-hetero) is 1. The van der Waals surface area contributed by atoms with Crippen LogP contribution in [0.4, 0.5) is 5.69 Å². The van der Waals surface area contributed by atoms with Crippen molar-refractivity contribution in [3.63, 3.8) is 0 Å². The minimum absolute atomic E-state index is 0.0594. The normalized spacial score (nSPS) is 14.1. The van der Waals surface area contributed by atoms with Crippen LogP contribution in [0.5, 0.6) is 11.5 Å². The van der Waals surface area contributed by atoms with Crippen LogP contribution in [0.3, 0.4) is 0 Å². The molecule has 0 saturated heterocycles. The van der Waals surface area contributed by atoms with Crippen LogP contribution in [0.2, 0.25) is 0 Å². The molecule has 30 heavy (non-hydrogen) atoms. The van der Waals surface area contributed by atoms with Gasteiger partial charge in [-0.25, -0.2) is 0 Å². The van der Waals surface area contributed by atoms with Gasteiger partial charge in [0.2, 0.25) is 12.7 Å². The van der Waals surface area contributed by atoms with Gasteiger partial charge < -0.3 is 14.8 Å². The number of carbonyl (C=O) groups is 4. The van der Waals surface area contributed by atoms with E-state index in [1.54, 1.807) is 30.3 Å². The molecule has 2 aromatic carbocycles. The highest BCUT2D eigenvalue weighted by atomic mass is 16.7. The summed E-state index contributed by atoms with van der Waals surface area (Å²) in [6.45, 7) is 3.46. The molecule has 2 aromatic rings. The Morgan fingerprint density at radius 1 is 1.03 bits per heavy atom. The number of amides is 3. The van der Waals surface area contributed by atoms with Crippen molar-refractivity contribution in [1.29, 1.82) is 0 Å². The van der Waals surface area contributed by atoms with Crippen molar-refractivity contribution in [1.82, 2.24) is 4.90 Å². The molecule has 4 rings (SSSR count). The lowest BCUT2D eigenvalue weighted by atomic mass is 10.1. The van der Waals surface area contributed by atoms with Crippen molar-refractivity contribution < 1.29 is 28.7 Å². The Kier molecular flexibility index (Phi) is 4.99. The van der Waals surface area contributed by atoms with Gasteiger partial charge in [0.1, 0.15) is 0 Å². The van der Waals surface area contributed by atoms with Crippen LogP contribution in [-0.4, -0.2) is 41.7 Å². The fraction of sp³-hybridized carbons (Fsp3) is 0.273. The summed E-state index contributed by atoms with van der Waals surface area (Å²) in [7, 11) is 0. The van der Waals surface area contributed by atoms with Gasteiger partial charge in [-0.15, -0.1) is 0 Å². The van der Waals surface area contributed by atoms with Gasteiger partial charge in [0.25, 0.3) is 11.8 Å². The number of benzene rings is 2. The van der Waals surface area contributed by atoms with Crippen LogP contribution in [0.25, 0.3) is 0 Å². The van der Waals surface area contributed by atoms with E-state index in [1.165, 1.54) is 11.8 Å². The number of hydrogen-bond acceptors (Lipinski definition) is 6. The quantitative estimate of drug-likeness (QED) is 0.582. The highest BCUT2D eigenvalue weighted by Crippen LogP contribution is 2.37. The first-order valence-electron chi connectivity index (χ1n) is 9.56. The zero-order valence-electron chi connectivity index (χ0n) is 16.6. The molecule has 0 radical (unpaired) electrons. The van der Waals surface area contributed by atoms with E-state index in [1.807, 2.05) is 6.92 Å². The average molecular weight is 408 g/mol. The predicted molar refractivity (Wildman–Crippen MR) is 107 cm³/mol. The molecule has 154 valence electrons. The van der Waals surface area contributed by atoms with Crippen molar-refractivity contribution in [2.45, 2.75) is 26.7 Å². The first kappa shape index (κ1) is 19.6. The molecule has 0 aromatic heterocycles. The molecule has 1 N–H and O–H groups in total. The van der Waals surface area contributed by atoms with Gasteiger partial charge in [-0.05, 0) is 38.5 Å². The lowest BCUT2D eigenvalue weighted by molar-refractivity contribution is -0.116. The average Bonchev–Trinajstić information content (AvgIpc) is 3.25. The van der Waals surface area contributed by atoms with E-state index >= 15 is 0 Å². The van der Waals surface area contributed by atoms with Crippen molar-refractivity contribution in [3.8, 4) is 11.5 Å². The number of anilines is 1. The molecule has 0 atom stereocenters. The van der Waals surface area contributed by atoms with Gasteiger partial charge in [-0.2, -0.15) is 0 Å². The number of nitrogens with one attached hydrogen (secondary N) is 1. The van der Waals surface area contributed by atoms with Gasteiger partial charge in [0.15, 0.2) is 17.3 Å². The van der Waals surface area contributed by atoms with E-state index in [-0.39, 0.29) is 43.3 Å². The lowest BCUT2D eigenvalue weighted by Gasteiger charge is -2.14. The highest BCUT2D eigenvalue weighted by molar-refractivity contribution is 6.21. The molecule has 0 fully saturated rings. The number of aryl methyl sites for hydroxylation is 1. The first-order chi connectivity index (χ1) is 14.3. The molecule has 3 amide bonds. The van der Waals surface area contributed by atoms with Crippen molar-refractivity contribution in [2.24, 2.45) is 0 Å². The van der Waals surface area contributed by atoms with Crippen molar-refractivity contribution >= 4 is 29.2 Å². The second-order valence-electron chi connectivity index (χ2n) is 7.27. The van der Waals surface area contributed by atoms with Crippen molar-refractivity contribution in [3.05, 3.63) is 52.6 Å². The van der Waals surface area contributed by atoms with Gasteiger partial charge in [-0.1, -0.05) is 11.6 Å². The molecule has 2 aliphatic heterocycles. The summed E-state index contributed by atoms with van der Waals surface area (Å²) in [5.41, 5.74) is 2.36.